The Morgan fingerprint density at radius 1 is 1.16 bits per heavy atom. The van der Waals surface area contributed by atoms with E-state index in [-0.39, 0.29) is 37.1 Å². The van der Waals surface area contributed by atoms with Crippen molar-refractivity contribution in [3.8, 4) is 5.75 Å². The van der Waals surface area contributed by atoms with Gasteiger partial charge in [0.2, 0.25) is 0 Å². The number of alkyl halides is 1. The Kier molecular flexibility index (Phi) is 5.94. The van der Waals surface area contributed by atoms with Crippen LogP contribution in [0.25, 0.3) is 10.9 Å². The number of hydrogen-bond acceptors (Lipinski definition) is 3. The van der Waals surface area contributed by atoms with Gasteiger partial charge < -0.3 is 14.8 Å². The molecule has 0 aliphatic carbocycles. The van der Waals surface area contributed by atoms with Crippen molar-refractivity contribution in [3.05, 3.63) is 64.6 Å². The molecule has 2 aromatic carbocycles. The number of aliphatic hydroxyl groups excluding tert-OH is 1. The Labute approximate surface area is 183 Å². The number of hydrogen-bond donors (Lipinski definition) is 2. The number of nitrogens with one attached hydrogen (secondary N) is 1. The fraction of sp³-hybridized carbons (Fsp3) is 0.417. The molecule has 0 bridgehead atoms. The average molecular weight is 450 g/mol. The van der Waals surface area contributed by atoms with Gasteiger partial charge in [0.15, 0.2) is 0 Å². The zero-order valence-corrected chi connectivity index (χ0v) is 18.2. The summed E-state index contributed by atoms with van der Waals surface area (Å²) < 4.78 is 64.4. The second kappa shape index (κ2) is 8.41. The van der Waals surface area contributed by atoms with Gasteiger partial charge in [0.1, 0.15) is 35.5 Å². The van der Waals surface area contributed by atoms with Gasteiger partial charge in [-0.2, -0.15) is 0 Å². The fourth-order valence-electron chi connectivity index (χ4n) is 4.59. The summed E-state index contributed by atoms with van der Waals surface area (Å²) in [5.74, 6) is -2.12. The highest BCUT2D eigenvalue weighted by atomic mass is 19.1. The summed E-state index contributed by atoms with van der Waals surface area (Å²) in [5, 5.41) is 9.56. The number of nitrogens with zero attached hydrogens (tertiary/aromatic N) is 1. The zero-order chi connectivity index (χ0) is 23.2. The van der Waals surface area contributed by atoms with Gasteiger partial charge in [0, 0.05) is 46.9 Å². The molecule has 1 aromatic heterocycles. The van der Waals surface area contributed by atoms with Crippen LogP contribution in [0.4, 0.5) is 17.6 Å². The number of aromatic amines is 1. The fourth-order valence-corrected chi connectivity index (χ4v) is 4.59. The summed E-state index contributed by atoms with van der Waals surface area (Å²) in [6.07, 6.45) is 0.478. The molecule has 0 spiro atoms. The lowest BCUT2D eigenvalue weighted by atomic mass is 9.87. The first-order valence-corrected chi connectivity index (χ1v) is 10.6. The average Bonchev–Trinajstić information content (AvgIpc) is 3.04. The van der Waals surface area contributed by atoms with Gasteiger partial charge in [-0.05, 0) is 51.0 Å². The van der Waals surface area contributed by atoms with Crippen LogP contribution in [0, 0.1) is 17.5 Å². The van der Waals surface area contributed by atoms with E-state index >= 15 is 8.78 Å². The maximum atomic E-state index is 15.3. The Hall–Kier alpha value is -2.58. The molecule has 2 heterocycles. The number of benzene rings is 2. The van der Waals surface area contributed by atoms with E-state index in [2.05, 4.69) is 4.98 Å². The molecule has 8 heteroatoms. The standard InChI is InChI=1S/C24H26F4N2O2/c1-13-8-17-16-9-14(25)4-5-20(16)29-22(17)23(30(13)12-24(2,3)28)21-18(26)10-15(11-19(21)27)32-7-6-31/h4-5,9-11,13,23,29,31H,6-8,12H2,1-3H3. The summed E-state index contributed by atoms with van der Waals surface area (Å²) in [7, 11) is 0. The molecule has 0 fully saturated rings. The Balaban J connectivity index is 1.91. The molecular weight excluding hydrogens is 424 g/mol. The smallest absolute Gasteiger partial charge is 0.135 e. The third-order valence-corrected chi connectivity index (χ3v) is 5.82. The Bertz CT molecular complexity index is 1120. The quantitative estimate of drug-likeness (QED) is 0.518. The molecule has 3 aromatic rings. The van der Waals surface area contributed by atoms with Crippen molar-refractivity contribution in [2.24, 2.45) is 0 Å². The van der Waals surface area contributed by atoms with Gasteiger partial charge in [0.05, 0.1) is 12.6 Å². The topological polar surface area (TPSA) is 48.5 Å². The van der Waals surface area contributed by atoms with E-state index < -0.39 is 29.2 Å². The van der Waals surface area contributed by atoms with E-state index in [9.17, 15) is 8.78 Å². The highest BCUT2D eigenvalue weighted by Crippen LogP contribution is 2.43. The molecule has 0 radical (unpaired) electrons. The van der Waals surface area contributed by atoms with Crippen LogP contribution in [-0.2, 0) is 6.42 Å². The van der Waals surface area contributed by atoms with Gasteiger partial charge in [-0.25, -0.2) is 17.6 Å². The molecule has 1 aliphatic heterocycles. The first kappa shape index (κ1) is 22.6. The van der Waals surface area contributed by atoms with Crippen LogP contribution in [0.15, 0.2) is 30.3 Å². The van der Waals surface area contributed by atoms with Gasteiger partial charge in [-0.3, -0.25) is 4.90 Å². The van der Waals surface area contributed by atoms with Gasteiger partial charge in [-0.15, -0.1) is 0 Å². The number of fused-ring (bicyclic) bond motifs is 3. The monoisotopic (exact) mass is 450 g/mol. The summed E-state index contributed by atoms with van der Waals surface area (Å²) >= 11 is 0. The first-order valence-electron chi connectivity index (χ1n) is 10.6. The highest BCUT2D eigenvalue weighted by Gasteiger charge is 2.41. The normalized spacial score (nSPS) is 19.4. The van der Waals surface area contributed by atoms with E-state index in [1.807, 2.05) is 6.92 Å². The Morgan fingerprint density at radius 3 is 2.47 bits per heavy atom. The summed E-state index contributed by atoms with van der Waals surface area (Å²) in [4.78, 5) is 4.94. The summed E-state index contributed by atoms with van der Waals surface area (Å²) in [6, 6.07) is 5.25. The maximum Gasteiger partial charge on any atom is 0.135 e. The van der Waals surface area contributed by atoms with Crippen LogP contribution < -0.4 is 4.74 Å². The van der Waals surface area contributed by atoms with E-state index in [1.54, 1.807) is 11.0 Å². The molecule has 172 valence electrons. The van der Waals surface area contributed by atoms with E-state index in [1.165, 1.54) is 26.0 Å². The van der Waals surface area contributed by atoms with Crippen molar-refractivity contribution < 1.29 is 27.4 Å². The van der Waals surface area contributed by atoms with Gasteiger partial charge in [0.25, 0.3) is 0 Å². The van der Waals surface area contributed by atoms with Crippen molar-refractivity contribution in [3.63, 3.8) is 0 Å². The second-order valence-corrected chi connectivity index (χ2v) is 8.93. The van der Waals surface area contributed by atoms with Crippen LogP contribution in [-0.4, -0.2) is 46.5 Å². The number of aromatic nitrogens is 1. The number of aliphatic hydroxyl groups is 1. The molecule has 1 aliphatic rings. The number of rotatable bonds is 6. The predicted octanol–water partition coefficient (Wildman–Crippen LogP) is 5.04. The van der Waals surface area contributed by atoms with Crippen LogP contribution >= 0.6 is 0 Å². The van der Waals surface area contributed by atoms with Crippen molar-refractivity contribution in [2.45, 2.75) is 44.9 Å². The number of H-pyrrole nitrogens is 1. The zero-order valence-electron chi connectivity index (χ0n) is 18.2. The van der Waals surface area contributed by atoms with Crippen molar-refractivity contribution >= 4 is 10.9 Å². The minimum Gasteiger partial charge on any atom is -0.491 e. The van der Waals surface area contributed by atoms with Gasteiger partial charge >= 0.3 is 0 Å². The molecular formula is C24H26F4N2O2. The van der Waals surface area contributed by atoms with E-state index in [4.69, 9.17) is 9.84 Å². The summed E-state index contributed by atoms with van der Waals surface area (Å²) in [5.41, 5.74) is 0.0995. The second-order valence-electron chi connectivity index (χ2n) is 8.93. The van der Waals surface area contributed by atoms with Crippen molar-refractivity contribution in [2.75, 3.05) is 19.8 Å². The molecule has 0 saturated carbocycles. The number of halogens is 4. The Morgan fingerprint density at radius 2 is 1.84 bits per heavy atom. The van der Waals surface area contributed by atoms with Crippen LogP contribution in [0.5, 0.6) is 5.75 Å². The molecule has 4 nitrogen and oxygen atoms in total. The largest absolute Gasteiger partial charge is 0.491 e. The SMILES string of the molecule is CC1Cc2c([nH]c3ccc(F)cc23)C(c2c(F)cc(OCCO)cc2F)N1CC(C)(C)F. The molecule has 0 amide bonds. The third kappa shape index (κ3) is 4.21. The van der Waals surface area contributed by atoms with Crippen LogP contribution in [0.3, 0.4) is 0 Å². The van der Waals surface area contributed by atoms with Crippen molar-refractivity contribution in [1.29, 1.82) is 0 Å². The minimum atomic E-state index is -1.61. The van der Waals surface area contributed by atoms with E-state index in [0.29, 0.717) is 23.0 Å². The minimum absolute atomic E-state index is 0.0435. The molecule has 32 heavy (non-hydrogen) atoms. The molecule has 2 N–H and O–H groups in total. The van der Waals surface area contributed by atoms with Crippen LogP contribution in [0.2, 0.25) is 0 Å². The summed E-state index contributed by atoms with van der Waals surface area (Å²) in [6.45, 7) is 4.27. The maximum absolute atomic E-state index is 15.3. The highest BCUT2D eigenvalue weighted by molar-refractivity contribution is 5.85. The lowest BCUT2D eigenvalue weighted by Crippen LogP contribution is -2.48. The predicted molar refractivity (Wildman–Crippen MR) is 114 cm³/mol. The molecule has 2 unspecified atom stereocenters. The lowest BCUT2D eigenvalue weighted by molar-refractivity contribution is 0.0642. The van der Waals surface area contributed by atoms with Gasteiger partial charge in [-0.1, -0.05) is 0 Å². The molecule has 4 rings (SSSR count). The molecule has 2 atom stereocenters. The van der Waals surface area contributed by atoms with Crippen molar-refractivity contribution in [1.82, 2.24) is 9.88 Å². The third-order valence-electron chi connectivity index (χ3n) is 5.82. The first-order chi connectivity index (χ1) is 15.1. The van der Waals surface area contributed by atoms with E-state index in [0.717, 1.165) is 17.7 Å². The lowest BCUT2D eigenvalue weighted by Gasteiger charge is -2.43. The number of ether oxygens (including phenoxy) is 1. The van der Waals surface area contributed by atoms with Crippen LogP contribution in [0.1, 0.15) is 43.6 Å². The molecule has 0 saturated heterocycles.